The first-order chi connectivity index (χ1) is 16.3. The number of hydrogen-bond acceptors (Lipinski definition) is 4. The minimum Gasteiger partial charge on any atom is -0.325 e. The molecule has 3 amide bonds. The summed E-state index contributed by atoms with van der Waals surface area (Å²) in [6, 6.07) is 20.8. The van der Waals surface area contributed by atoms with Crippen LogP contribution in [0, 0.1) is 20.8 Å². The molecule has 34 heavy (non-hydrogen) atoms. The number of aryl methyl sites for hydroxylation is 3. The highest BCUT2D eigenvalue weighted by molar-refractivity contribution is 8.02. The predicted octanol–water partition coefficient (Wildman–Crippen LogP) is 4.53. The molecule has 1 saturated heterocycles. The van der Waals surface area contributed by atoms with Crippen LogP contribution in [0.25, 0.3) is 0 Å². The Hall–Kier alpha value is -3.58. The van der Waals surface area contributed by atoms with Gasteiger partial charge in [-0.05, 0) is 62.2 Å². The summed E-state index contributed by atoms with van der Waals surface area (Å²) in [5, 5.41) is 2.87. The third-order valence-corrected chi connectivity index (χ3v) is 7.55. The molecule has 7 heteroatoms. The van der Waals surface area contributed by atoms with Crippen molar-refractivity contribution in [1.82, 2.24) is 0 Å². The molecule has 6 nitrogen and oxygen atoms in total. The molecule has 5 rings (SSSR count). The quantitative estimate of drug-likeness (QED) is 0.607. The summed E-state index contributed by atoms with van der Waals surface area (Å²) in [7, 11) is 0. The standard InChI is InChI=1S/C27H25N3O3S/c1-17-8-10-20(11-9-17)28-24(31)15-29-23-7-5-4-6-22(23)27(26(29)33)30(25(32)16-34-27)21-13-18(2)12-19(3)14-21/h4-14H,15-16H2,1-3H3,(H,28,31)/t27-/m1/s1. The lowest BCUT2D eigenvalue weighted by Crippen LogP contribution is -2.51. The fourth-order valence-electron chi connectivity index (χ4n) is 4.77. The van der Waals surface area contributed by atoms with Crippen molar-refractivity contribution in [1.29, 1.82) is 0 Å². The van der Waals surface area contributed by atoms with Crippen LogP contribution in [0.4, 0.5) is 17.1 Å². The molecule has 1 spiro atoms. The minimum absolute atomic E-state index is 0.121. The van der Waals surface area contributed by atoms with Crippen molar-refractivity contribution in [3.05, 3.63) is 89.0 Å². The van der Waals surface area contributed by atoms with Gasteiger partial charge in [0.05, 0.1) is 11.4 Å². The Morgan fingerprint density at radius 3 is 2.32 bits per heavy atom. The van der Waals surface area contributed by atoms with Crippen LogP contribution in [0.5, 0.6) is 0 Å². The summed E-state index contributed by atoms with van der Waals surface area (Å²) in [6.07, 6.45) is 0. The van der Waals surface area contributed by atoms with Crippen molar-refractivity contribution in [2.24, 2.45) is 0 Å². The lowest BCUT2D eigenvalue weighted by molar-refractivity contribution is -0.124. The minimum atomic E-state index is -1.22. The van der Waals surface area contributed by atoms with Crippen LogP contribution in [-0.4, -0.2) is 30.0 Å². The first kappa shape index (κ1) is 22.2. The van der Waals surface area contributed by atoms with E-state index < -0.39 is 4.87 Å². The maximum Gasteiger partial charge on any atom is 0.269 e. The molecule has 2 aliphatic rings. The molecule has 1 N–H and O–H groups in total. The Morgan fingerprint density at radius 1 is 0.941 bits per heavy atom. The van der Waals surface area contributed by atoms with Gasteiger partial charge >= 0.3 is 0 Å². The molecule has 0 bridgehead atoms. The van der Waals surface area contributed by atoms with E-state index in [-0.39, 0.29) is 30.0 Å². The second-order valence-electron chi connectivity index (χ2n) is 8.83. The van der Waals surface area contributed by atoms with Crippen molar-refractivity contribution in [3.8, 4) is 0 Å². The van der Waals surface area contributed by atoms with Crippen LogP contribution in [0.15, 0.2) is 66.7 Å². The number of nitrogens with zero attached hydrogens (tertiary/aromatic N) is 2. The van der Waals surface area contributed by atoms with Gasteiger partial charge in [-0.2, -0.15) is 0 Å². The second kappa shape index (κ2) is 8.33. The Morgan fingerprint density at radius 2 is 1.62 bits per heavy atom. The number of thioether (sulfide) groups is 1. The average Bonchev–Trinajstić information content (AvgIpc) is 3.26. The Balaban J connectivity index is 1.53. The van der Waals surface area contributed by atoms with E-state index in [9.17, 15) is 14.4 Å². The van der Waals surface area contributed by atoms with E-state index in [0.29, 0.717) is 17.1 Å². The maximum absolute atomic E-state index is 14.0. The zero-order chi connectivity index (χ0) is 24.0. The molecule has 2 heterocycles. The molecule has 0 aliphatic carbocycles. The molecule has 3 aromatic rings. The third kappa shape index (κ3) is 3.56. The number of carbonyl (C=O) groups excluding carboxylic acids is 3. The van der Waals surface area contributed by atoms with Gasteiger partial charge in [-0.1, -0.05) is 42.0 Å². The maximum atomic E-state index is 14.0. The Labute approximate surface area is 202 Å². The molecular weight excluding hydrogens is 446 g/mol. The molecule has 3 aromatic carbocycles. The molecule has 0 radical (unpaired) electrons. The summed E-state index contributed by atoms with van der Waals surface area (Å²) in [4.78, 5) is 42.0. The van der Waals surface area contributed by atoms with Gasteiger partial charge in [0.1, 0.15) is 6.54 Å². The number of benzene rings is 3. The topological polar surface area (TPSA) is 69.7 Å². The zero-order valence-electron chi connectivity index (χ0n) is 19.3. The molecule has 2 aliphatic heterocycles. The number of rotatable bonds is 4. The van der Waals surface area contributed by atoms with Crippen LogP contribution in [-0.2, 0) is 19.3 Å². The number of nitrogens with one attached hydrogen (secondary N) is 1. The van der Waals surface area contributed by atoms with Crippen LogP contribution >= 0.6 is 11.8 Å². The molecule has 1 fully saturated rings. The summed E-state index contributed by atoms with van der Waals surface area (Å²) >= 11 is 1.32. The first-order valence-electron chi connectivity index (χ1n) is 11.1. The fraction of sp³-hybridized carbons (Fsp3) is 0.222. The average molecular weight is 472 g/mol. The summed E-state index contributed by atoms with van der Waals surface area (Å²) in [5.41, 5.74) is 5.89. The van der Waals surface area contributed by atoms with Crippen molar-refractivity contribution >= 4 is 46.5 Å². The van der Waals surface area contributed by atoms with Crippen molar-refractivity contribution < 1.29 is 14.4 Å². The number of carbonyl (C=O) groups is 3. The van der Waals surface area contributed by atoms with E-state index in [0.717, 1.165) is 22.3 Å². The van der Waals surface area contributed by atoms with Crippen molar-refractivity contribution in [3.63, 3.8) is 0 Å². The van der Waals surface area contributed by atoms with Crippen LogP contribution in [0.3, 0.4) is 0 Å². The largest absolute Gasteiger partial charge is 0.325 e. The number of hydrogen-bond donors (Lipinski definition) is 1. The molecule has 0 aromatic heterocycles. The molecular formula is C27H25N3O3S. The number of anilines is 3. The molecule has 0 saturated carbocycles. The SMILES string of the molecule is Cc1ccc(NC(=O)CN2C(=O)[C@]3(SCC(=O)N3c3cc(C)cc(C)c3)c3ccccc32)cc1. The second-order valence-corrected chi connectivity index (χ2v) is 10.00. The van der Waals surface area contributed by atoms with Gasteiger partial charge < -0.3 is 5.32 Å². The third-order valence-electron chi connectivity index (χ3n) is 6.17. The summed E-state index contributed by atoms with van der Waals surface area (Å²) < 4.78 is 0. The number of amides is 3. The van der Waals surface area contributed by atoms with Crippen LogP contribution < -0.4 is 15.1 Å². The molecule has 1 atom stereocenters. The highest BCUT2D eigenvalue weighted by Crippen LogP contribution is 2.55. The first-order valence-corrected chi connectivity index (χ1v) is 12.1. The van der Waals surface area contributed by atoms with Gasteiger partial charge in [0.15, 0.2) is 0 Å². The summed E-state index contributed by atoms with van der Waals surface area (Å²) in [6.45, 7) is 5.79. The van der Waals surface area contributed by atoms with E-state index in [1.165, 1.54) is 16.7 Å². The van der Waals surface area contributed by atoms with E-state index in [1.807, 2.05) is 87.5 Å². The normalized spacial score (nSPS) is 19.1. The van der Waals surface area contributed by atoms with Crippen LogP contribution in [0.2, 0.25) is 0 Å². The van der Waals surface area contributed by atoms with Gasteiger partial charge in [0.25, 0.3) is 5.91 Å². The van der Waals surface area contributed by atoms with Gasteiger partial charge in [0.2, 0.25) is 16.7 Å². The highest BCUT2D eigenvalue weighted by Gasteiger charge is 2.61. The van der Waals surface area contributed by atoms with Crippen molar-refractivity contribution in [2.45, 2.75) is 25.6 Å². The monoisotopic (exact) mass is 471 g/mol. The van der Waals surface area contributed by atoms with Crippen LogP contribution in [0.1, 0.15) is 22.3 Å². The van der Waals surface area contributed by atoms with Gasteiger partial charge in [0, 0.05) is 16.9 Å². The number of para-hydroxylation sites is 1. The zero-order valence-corrected chi connectivity index (χ0v) is 20.1. The summed E-state index contributed by atoms with van der Waals surface area (Å²) in [5.74, 6) is -0.501. The predicted molar refractivity (Wildman–Crippen MR) is 136 cm³/mol. The van der Waals surface area contributed by atoms with Gasteiger partial charge in [-0.25, -0.2) is 0 Å². The van der Waals surface area contributed by atoms with Gasteiger partial charge in [-0.15, -0.1) is 11.8 Å². The van der Waals surface area contributed by atoms with E-state index >= 15 is 0 Å². The lowest BCUT2D eigenvalue weighted by Gasteiger charge is -2.33. The Kier molecular flexibility index (Phi) is 5.44. The van der Waals surface area contributed by atoms with E-state index in [4.69, 9.17) is 0 Å². The van der Waals surface area contributed by atoms with E-state index in [2.05, 4.69) is 5.32 Å². The van der Waals surface area contributed by atoms with Gasteiger partial charge in [-0.3, -0.25) is 24.2 Å². The number of fused-ring (bicyclic) bond motifs is 2. The highest BCUT2D eigenvalue weighted by atomic mass is 32.2. The Bertz CT molecular complexity index is 1300. The smallest absolute Gasteiger partial charge is 0.269 e. The van der Waals surface area contributed by atoms with Crippen molar-refractivity contribution in [2.75, 3.05) is 27.4 Å². The van der Waals surface area contributed by atoms with E-state index in [1.54, 1.807) is 4.90 Å². The fourth-order valence-corrected chi connectivity index (χ4v) is 6.13. The molecule has 172 valence electrons. The molecule has 0 unspecified atom stereocenters. The lowest BCUT2D eigenvalue weighted by atomic mass is 10.0.